The highest BCUT2D eigenvalue weighted by molar-refractivity contribution is 6.03. The first-order valence-electron chi connectivity index (χ1n) is 8.13. The molecular formula is C17H24ClN3O3. The number of halogens is 1. The zero-order chi connectivity index (χ0) is 16.4. The summed E-state index contributed by atoms with van der Waals surface area (Å²) in [6.45, 7) is 3.34. The van der Waals surface area contributed by atoms with E-state index in [1.54, 1.807) is 11.8 Å². The minimum atomic E-state index is -0.565. The Balaban J connectivity index is 0.00000208. The van der Waals surface area contributed by atoms with E-state index in [9.17, 15) is 9.59 Å². The summed E-state index contributed by atoms with van der Waals surface area (Å²) < 4.78 is 5.61. The van der Waals surface area contributed by atoms with E-state index in [0.717, 1.165) is 25.9 Å². The number of fused-ring (bicyclic) bond motifs is 1. The van der Waals surface area contributed by atoms with Crippen molar-refractivity contribution in [2.45, 2.75) is 31.9 Å². The van der Waals surface area contributed by atoms with Crippen molar-refractivity contribution in [1.29, 1.82) is 0 Å². The van der Waals surface area contributed by atoms with Gasteiger partial charge in [0.25, 0.3) is 5.91 Å². The lowest BCUT2D eigenvalue weighted by Gasteiger charge is -2.34. The van der Waals surface area contributed by atoms with Crippen molar-refractivity contribution < 1.29 is 14.3 Å². The normalized spacial score (nSPS) is 22.7. The van der Waals surface area contributed by atoms with Crippen molar-refractivity contribution in [2.24, 2.45) is 0 Å². The Bertz CT molecular complexity index is 610. The van der Waals surface area contributed by atoms with Crippen LogP contribution in [-0.2, 0) is 9.59 Å². The predicted molar refractivity (Wildman–Crippen MR) is 94.8 cm³/mol. The SMILES string of the molecule is CNCC1CCCN1C(=O)CN1C(=O)C(C)Oc2ccccc21.Cl. The molecule has 24 heavy (non-hydrogen) atoms. The van der Waals surface area contributed by atoms with Gasteiger partial charge in [-0.2, -0.15) is 0 Å². The van der Waals surface area contributed by atoms with Crippen molar-refractivity contribution in [1.82, 2.24) is 10.2 Å². The van der Waals surface area contributed by atoms with Crippen molar-refractivity contribution in [3.8, 4) is 5.75 Å². The Morgan fingerprint density at radius 1 is 1.38 bits per heavy atom. The molecule has 0 radical (unpaired) electrons. The highest BCUT2D eigenvalue weighted by Gasteiger charge is 2.35. The summed E-state index contributed by atoms with van der Waals surface area (Å²) in [5.41, 5.74) is 0.674. The van der Waals surface area contributed by atoms with E-state index < -0.39 is 6.10 Å². The van der Waals surface area contributed by atoms with E-state index in [4.69, 9.17) is 4.74 Å². The lowest BCUT2D eigenvalue weighted by Crippen LogP contribution is -2.51. The number of anilines is 1. The molecule has 132 valence electrons. The van der Waals surface area contributed by atoms with Crippen LogP contribution >= 0.6 is 12.4 Å². The fourth-order valence-corrected chi connectivity index (χ4v) is 3.36. The van der Waals surface area contributed by atoms with E-state index in [0.29, 0.717) is 11.4 Å². The molecule has 2 heterocycles. The zero-order valence-electron chi connectivity index (χ0n) is 14.0. The third-order valence-corrected chi connectivity index (χ3v) is 4.50. The number of carbonyl (C=O) groups excluding carboxylic acids is 2. The molecule has 2 unspecified atom stereocenters. The Morgan fingerprint density at radius 3 is 2.88 bits per heavy atom. The van der Waals surface area contributed by atoms with Crippen molar-refractivity contribution in [2.75, 3.05) is 31.6 Å². The molecule has 6 nitrogen and oxygen atoms in total. The molecule has 0 aliphatic carbocycles. The molecule has 2 atom stereocenters. The van der Waals surface area contributed by atoms with Crippen LogP contribution < -0.4 is 15.0 Å². The highest BCUT2D eigenvalue weighted by atomic mass is 35.5. The Morgan fingerprint density at radius 2 is 2.12 bits per heavy atom. The molecule has 0 bridgehead atoms. The molecule has 0 aromatic heterocycles. The first-order valence-corrected chi connectivity index (χ1v) is 8.13. The Labute approximate surface area is 148 Å². The fraction of sp³-hybridized carbons (Fsp3) is 0.529. The standard InChI is InChI=1S/C17H23N3O3.ClH/c1-12-17(22)20(14-7-3-4-8-15(14)23-12)11-16(21)19-9-5-6-13(19)10-18-2;/h3-4,7-8,12-13,18H,5-6,9-11H2,1-2H3;1H. The molecule has 0 spiro atoms. The molecule has 3 rings (SSSR count). The van der Waals surface area contributed by atoms with Gasteiger partial charge in [0.2, 0.25) is 5.91 Å². The maximum absolute atomic E-state index is 12.7. The van der Waals surface area contributed by atoms with E-state index in [-0.39, 0.29) is 36.8 Å². The summed E-state index contributed by atoms with van der Waals surface area (Å²) in [6, 6.07) is 7.58. The third-order valence-electron chi connectivity index (χ3n) is 4.50. The number of ether oxygens (including phenoxy) is 1. The molecule has 1 N–H and O–H groups in total. The van der Waals surface area contributed by atoms with Gasteiger partial charge in [0.05, 0.1) is 5.69 Å². The molecule has 1 fully saturated rings. The van der Waals surface area contributed by atoms with Crippen LogP contribution in [0.25, 0.3) is 0 Å². The average molecular weight is 354 g/mol. The van der Waals surface area contributed by atoms with Crippen LogP contribution in [0.2, 0.25) is 0 Å². The number of para-hydroxylation sites is 2. The van der Waals surface area contributed by atoms with Gasteiger partial charge >= 0.3 is 0 Å². The summed E-state index contributed by atoms with van der Waals surface area (Å²) in [5.74, 6) is 0.488. The van der Waals surface area contributed by atoms with E-state index in [2.05, 4.69) is 5.32 Å². The predicted octanol–water partition coefficient (Wildman–Crippen LogP) is 1.43. The topological polar surface area (TPSA) is 61.9 Å². The molecule has 2 aliphatic rings. The smallest absolute Gasteiger partial charge is 0.268 e. The van der Waals surface area contributed by atoms with Crippen LogP contribution in [0.4, 0.5) is 5.69 Å². The van der Waals surface area contributed by atoms with Gasteiger partial charge in [0.1, 0.15) is 12.3 Å². The molecule has 7 heteroatoms. The van der Waals surface area contributed by atoms with Crippen LogP contribution in [0.1, 0.15) is 19.8 Å². The largest absolute Gasteiger partial charge is 0.479 e. The van der Waals surface area contributed by atoms with Crippen LogP contribution in [0.5, 0.6) is 5.75 Å². The minimum Gasteiger partial charge on any atom is -0.479 e. The molecule has 1 saturated heterocycles. The number of benzene rings is 1. The molecular weight excluding hydrogens is 330 g/mol. The monoisotopic (exact) mass is 353 g/mol. The summed E-state index contributed by atoms with van der Waals surface area (Å²) in [7, 11) is 1.89. The third kappa shape index (κ3) is 3.49. The van der Waals surface area contributed by atoms with Crippen LogP contribution in [0.15, 0.2) is 24.3 Å². The first kappa shape index (κ1) is 18.5. The molecule has 0 saturated carbocycles. The molecule has 1 aromatic carbocycles. The van der Waals surface area contributed by atoms with Crippen LogP contribution in [-0.4, -0.2) is 55.5 Å². The Hall–Kier alpha value is -1.79. The second-order valence-electron chi connectivity index (χ2n) is 6.09. The summed E-state index contributed by atoms with van der Waals surface area (Å²) in [4.78, 5) is 28.6. The Kier molecular flexibility index (Phi) is 6.07. The lowest BCUT2D eigenvalue weighted by atomic mass is 10.1. The summed E-state index contributed by atoms with van der Waals surface area (Å²) in [5, 5.41) is 3.14. The minimum absolute atomic E-state index is 0. The second-order valence-corrected chi connectivity index (χ2v) is 6.09. The van der Waals surface area contributed by atoms with Gasteiger partial charge in [0.15, 0.2) is 6.10 Å². The number of amides is 2. The first-order chi connectivity index (χ1) is 11.1. The quantitative estimate of drug-likeness (QED) is 0.889. The van der Waals surface area contributed by atoms with Gasteiger partial charge in [-0.25, -0.2) is 0 Å². The number of rotatable bonds is 4. The van der Waals surface area contributed by atoms with Gasteiger partial charge in [-0.15, -0.1) is 12.4 Å². The summed E-state index contributed by atoms with van der Waals surface area (Å²) in [6.07, 6.45) is 1.46. The number of hydrogen-bond donors (Lipinski definition) is 1. The molecule has 2 aliphatic heterocycles. The van der Waals surface area contributed by atoms with Gasteiger partial charge in [-0.05, 0) is 38.9 Å². The fourth-order valence-electron chi connectivity index (χ4n) is 3.36. The van der Waals surface area contributed by atoms with Gasteiger partial charge in [-0.1, -0.05) is 12.1 Å². The van der Waals surface area contributed by atoms with Crippen LogP contribution in [0.3, 0.4) is 0 Å². The number of likely N-dealkylation sites (N-methyl/N-ethyl adjacent to an activating group) is 1. The van der Waals surface area contributed by atoms with E-state index >= 15 is 0 Å². The van der Waals surface area contributed by atoms with Gasteiger partial charge < -0.3 is 15.0 Å². The van der Waals surface area contributed by atoms with Crippen molar-refractivity contribution >= 4 is 29.9 Å². The maximum atomic E-state index is 12.7. The molecule has 2 amide bonds. The average Bonchev–Trinajstić information content (AvgIpc) is 3.00. The number of likely N-dealkylation sites (tertiary alicyclic amines) is 1. The van der Waals surface area contributed by atoms with E-state index in [1.807, 2.05) is 36.2 Å². The number of nitrogens with zero attached hydrogens (tertiary/aromatic N) is 2. The van der Waals surface area contributed by atoms with Crippen molar-refractivity contribution in [3.05, 3.63) is 24.3 Å². The summed E-state index contributed by atoms with van der Waals surface area (Å²) >= 11 is 0. The van der Waals surface area contributed by atoms with Gasteiger partial charge in [-0.3, -0.25) is 14.5 Å². The number of carbonyl (C=O) groups is 2. The van der Waals surface area contributed by atoms with Crippen LogP contribution in [0, 0.1) is 0 Å². The number of nitrogens with one attached hydrogen (secondary N) is 1. The lowest BCUT2D eigenvalue weighted by molar-refractivity contribution is -0.133. The highest BCUT2D eigenvalue weighted by Crippen LogP contribution is 2.33. The van der Waals surface area contributed by atoms with Gasteiger partial charge in [0, 0.05) is 19.1 Å². The number of hydrogen-bond acceptors (Lipinski definition) is 4. The molecule has 1 aromatic rings. The van der Waals surface area contributed by atoms with E-state index in [1.165, 1.54) is 0 Å². The zero-order valence-corrected chi connectivity index (χ0v) is 14.8. The second kappa shape index (κ2) is 7.85. The maximum Gasteiger partial charge on any atom is 0.268 e. The van der Waals surface area contributed by atoms with Crippen molar-refractivity contribution in [3.63, 3.8) is 0 Å².